The fourth-order valence-corrected chi connectivity index (χ4v) is 4.35. The number of rotatable bonds is 6. The van der Waals surface area contributed by atoms with E-state index in [4.69, 9.17) is 9.26 Å². The number of amides is 1. The summed E-state index contributed by atoms with van der Waals surface area (Å²) < 4.78 is 10.9. The van der Waals surface area contributed by atoms with E-state index in [1.54, 1.807) is 11.8 Å². The normalized spacial score (nSPS) is 17.9. The van der Waals surface area contributed by atoms with E-state index >= 15 is 0 Å². The molecule has 2 heterocycles. The van der Waals surface area contributed by atoms with Gasteiger partial charge in [0, 0.05) is 16.5 Å². The summed E-state index contributed by atoms with van der Waals surface area (Å²) in [7, 11) is 0. The molecule has 1 N–H and O–H groups in total. The Morgan fingerprint density at radius 3 is 2.79 bits per heavy atom. The number of carbonyl (C=O) groups is 1. The number of thioether (sulfide) groups is 1. The smallest absolute Gasteiger partial charge is 0.238 e. The van der Waals surface area contributed by atoms with Gasteiger partial charge in [0.1, 0.15) is 5.75 Å². The third kappa shape index (κ3) is 3.75. The van der Waals surface area contributed by atoms with E-state index in [-0.39, 0.29) is 17.8 Å². The quantitative estimate of drug-likeness (QED) is 0.677. The number of benzene rings is 2. The standard InChI is InChI=1S/C21H19N3O3S/c25-20(18-11-14-3-1-2-4-17(14)28-18)22-15-7-9-16(10-8-15)26-12-19-23-21(27-24-19)13-5-6-13/h1-4,7-10,13,18H,5-6,11-12H2,(H,22,25)/t18-/m1/s1. The van der Waals surface area contributed by atoms with Crippen molar-refractivity contribution in [2.75, 3.05) is 5.32 Å². The molecule has 0 unspecified atom stereocenters. The molecule has 28 heavy (non-hydrogen) atoms. The molecule has 1 fully saturated rings. The molecule has 0 saturated heterocycles. The molecule has 0 radical (unpaired) electrons. The lowest BCUT2D eigenvalue weighted by atomic mass is 10.1. The summed E-state index contributed by atoms with van der Waals surface area (Å²) in [5, 5.41) is 6.84. The molecule has 5 rings (SSSR count). The van der Waals surface area contributed by atoms with Crippen molar-refractivity contribution in [1.29, 1.82) is 0 Å². The summed E-state index contributed by atoms with van der Waals surface area (Å²) in [6.07, 6.45) is 3.02. The number of carbonyl (C=O) groups excluding carboxylic acids is 1. The van der Waals surface area contributed by atoms with E-state index < -0.39 is 0 Å². The molecule has 1 saturated carbocycles. The number of hydrogen-bond donors (Lipinski definition) is 1. The Kier molecular flexibility index (Phi) is 4.52. The van der Waals surface area contributed by atoms with Crippen molar-refractivity contribution in [2.45, 2.75) is 41.9 Å². The molecule has 2 aromatic carbocycles. The number of anilines is 1. The molecule has 0 spiro atoms. The van der Waals surface area contributed by atoms with Gasteiger partial charge in [0.25, 0.3) is 0 Å². The second-order valence-electron chi connectivity index (χ2n) is 7.04. The lowest BCUT2D eigenvalue weighted by Crippen LogP contribution is -2.24. The first-order chi connectivity index (χ1) is 13.7. The summed E-state index contributed by atoms with van der Waals surface area (Å²) in [5.41, 5.74) is 1.99. The van der Waals surface area contributed by atoms with E-state index in [0.29, 0.717) is 23.4 Å². The largest absolute Gasteiger partial charge is 0.485 e. The van der Waals surface area contributed by atoms with Gasteiger partial charge in [-0.25, -0.2) is 0 Å². The van der Waals surface area contributed by atoms with Crippen LogP contribution < -0.4 is 10.1 Å². The minimum atomic E-state index is -0.0905. The molecular formula is C21H19N3O3S. The van der Waals surface area contributed by atoms with E-state index in [1.165, 1.54) is 10.5 Å². The molecule has 0 bridgehead atoms. The van der Waals surface area contributed by atoms with Crippen LogP contribution in [0.1, 0.15) is 36.0 Å². The molecule has 1 amide bonds. The maximum atomic E-state index is 12.6. The van der Waals surface area contributed by atoms with Crippen molar-refractivity contribution in [3.8, 4) is 5.75 Å². The molecule has 1 aromatic heterocycles. The highest BCUT2D eigenvalue weighted by Gasteiger charge is 2.30. The molecule has 1 atom stereocenters. The lowest BCUT2D eigenvalue weighted by Gasteiger charge is -2.10. The van der Waals surface area contributed by atoms with Crippen LogP contribution in [-0.4, -0.2) is 21.3 Å². The predicted octanol–water partition coefficient (Wildman–Crippen LogP) is 4.18. The number of nitrogens with zero attached hydrogens (tertiary/aromatic N) is 2. The van der Waals surface area contributed by atoms with Crippen molar-refractivity contribution in [3.05, 3.63) is 65.8 Å². The Balaban J connectivity index is 1.14. The highest BCUT2D eigenvalue weighted by molar-refractivity contribution is 8.01. The molecule has 3 aromatic rings. The van der Waals surface area contributed by atoms with E-state index in [2.05, 4.69) is 27.6 Å². The van der Waals surface area contributed by atoms with Crippen LogP contribution in [0.15, 0.2) is 57.9 Å². The first-order valence-electron chi connectivity index (χ1n) is 9.35. The van der Waals surface area contributed by atoms with Gasteiger partial charge < -0.3 is 14.6 Å². The van der Waals surface area contributed by atoms with Crippen molar-refractivity contribution < 1.29 is 14.1 Å². The van der Waals surface area contributed by atoms with Crippen LogP contribution in [0, 0.1) is 0 Å². The monoisotopic (exact) mass is 393 g/mol. The summed E-state index contributed by atoms with van der Waals surface area (Å²) in [4.78, 5) is 18.1. The molecule has 2 aliphatic rings. The Morgan fingerprint density at radius 1 is 1.18 bits per heavy atom. The Bertz CT molecular complexity index is 973. The number of aromatic nitrogens is 2. The molecule has 1 aliphatic heterocycles. The van der Waals surface area contributed by atoms with Crippen molar-refractivity contribution >= 4 is 23.4 Å². The third-order valence-corrected chi connectivity index (χ3v) is 6.16. The van der Waals surface area contributed by atoms with Crippen LogP contribution in [-0.2, 0) is 17.8 Å². The topological polar surface area (TPSA) is 77.2 Å². The van der Waals surface area contributed by atoms with Gasteiger partial charge in [0.2, 0.25) is 17.6 Å². The van der Waals surface area contributed by atoms with Gasteiger partial charge in [0.05, 0.1) is 5.25 Å². The van der Waals surface area contributed by atoms with E-state index in [9.17, 15) is 4.79 Å². The maximum Gasteiger partial charge on any atom is 0.238 e. The molecular weight excluding hydrogens is 374 g/mol. The fraction of sp³-hybridized carbons (Fsp3) is 0.286. The van der Waals surface area contributed by atoms with Crippen LogP contribution in [0.5, 0.6) is 5.75 Å². The highest BCUT2D eigenvalue weighted by atomic mass is 32.2. The van der Waals surface area contributed by atoms with Gasteiger partial charge in [-0.3, -0.25) is 4.79 Å². The van der Waals surface area contributed by atoms with Gasteiger partial charge in [-0.05, 0) is 55.2 Å². The zero-order chi connectivity index (χ0) is 18.9. The van der Waals surface area contributed by atoms with Gasteiger partial charge >= 0.3 is 0 Å². The summed E-state index contributed by atoms with van der Waals surface area (Å²) in [6.45, 7) is 0.263. The van der Waals surface area contributed by atoms with Crippen LogP contribution in [0.2, 0.25) is 0 Å². The van der Waals surface area contributed by atoms with Crippen LogP contribution in [0.25, 0.3) is 0 Å². The Labute approximate surface area is 166 Å². The summed E-state index contributed by atoms with van der Waals surface area (Å²) in [6, 6.07) is 15.5. The molecule has 1 aliphatic carbocycles. The number of ether oxygens (including phenoxy) is 1. The van der Waals surface area contributed by atoms with Gasteiger partial charge in [0.15, 0.2) is 6.61 Å². The minimum Gasteiger partial charge on any atom is -0.485 e. The van der Waals surface area contributed by atoms with Crippen LogP contribution >= 0.6 is 11.8 Å². The first kappa shape index (κ1) is 17.3. The van der Waals surface area contributed by atoms with Gasteiger partial charge in [-0.2, -0.15) is 4.98 Å². The fourth-order valence-electron chi connectivity index (χ4n) is 3.16. The maximum absolute atomic E-state index is 12.6. The second kappa shape index (κ2) is 7.31. The van der Waals surface area contributed by atoms with Gasteiger partial charge in [-0.1, -0.05) is 23.4 Å². The average Bonchev–Trinajstić information content (AvgIpc) is 3.30. The van der Waals surface area contributed by atoms with E-state index in [1.807, 2.05) is 36.4 Å². The predicted molar refractivity (Wildman–Crippen MR) is 105 cm³/mol. The van der Waals surface area contributed by atoms with Crippen LogP contribution in [0.3, 0.4) is 0 Å². The third-order valence-electron chi connectivity index (χ3n) is 4.84. The lowest BCUT2D eigenvalue weighted by molar-refractivity contribution is -0.115. The average molecular weight is 393 g/mol. The Hall–Kier alpha value is -2.80. The number of fused-ring (bicyclic) bond motifs is 1. The van der Waals surface area contributed by atoms with Crippen molar-refractivity contribution in [3.63, 3.8) is 0 Å². The van der Waals surface area contributed by atoms with Crippen LogP contribution in [0.4, 0.5) is 5.69 Å². The molecule has 7 heteroatoms. The van der Waals surface area contributed by atoms with Gasteiger partial charge in [-0.15, -0.1) is 11.8 Å². The summed E-state index contributed by atoms with van der Waals surface area (Å²) in [5.74, 6) is 2.42. The van der Waals surface area contributed by atoms with Crippen molar-refractivity contribution in [1.82, 2.24) is 10.1 Å². The number of nitrogens with one attached hydrogen (secondary N) is 1. The number of hydrogen-bond acceptors (Lipinski definition) is 6. The molecule has 6 nitrogen and oxygen atoms in total. The first-order valence-corrected chi connectivity index (χ1v) is 10.2. The van der Waals surface area contributed by atoms with E-state index in [0.717, 1.165) is 24.9 Å². The zero-order valence-corrected chi connectivity index (χ0v) is 15.9. The minimum absolute atomic E-state index is 0.0225. The zero-order valence-electron chi connectivity index (χ0n) is 15.1. The molecule has 142 valence electrons. The Morgan fingerprint density at radius 2 is 2.00 bits per heavy atom. The SMILES string of the molecule is O=C(Nc1ccc(OCc2noc(C3CC3)n2)cc1)[C@H]1Cc2ccccc2S1. The van der Waals surface area contributed by atoms with Crippen molar-refractivity contribution in [2.24, 2.45) is 0 Å². The summed E-state index contributed by atoms with van der Waals surface area (Å²) >= 11 is 1.62. The highest BCUT2D eigenvalue weighted by Crippen LogP contribution is 2.39. The second-order valence-corrected chi connectivity index (χ2v) is 8.29.